The van der Waals surface area contributed by atoms with Gasteiger partial charge in [-0.3, -0.25) is 4.52 Å². The lowest BCUT2D eigenvalue weighted by Crippen LogP contribution is -2.33. The molecule has 0 amide bonds. The zero-order chi connectivity index (χ0) is 16.8. The standard InChI is InChI=1S/C12H13FNO7PS/c13-5-1-2-8-6(3-5)14-12(23-8)11-10(16)9(15)7(21-11)4-20-22(17,18)19/h1-3,7,9-11,15-16H,4H2,(H2,17,18,19)/t7-,9+,10-,11-/m1/s1. The number of aliphatic hydroxyl groups excluding tert-OH is 2. The number of phosphoric acid groups is 1. The lowest BCUT2D eigenvalue weighted by Gasteiger charge is -2.14. The molecule has 11 heteroatoms. The molecule has 8 nitrogen and oxygen atoms in total. The smallest absolute Gasteiger partial charge is 0.387 e. The van der Waals surface area contributed by atoms with Crippen molar-refractivity contribution in [3.63, 3.8) is 0 Å². The van der Waals surface area contributed by atoms with Gasteiger partial charge in [0.15, 0.2) is 0 Å². The fourth-order valence-electron chi connectivity index (χ4n) is 2.30. The van der Waals surface area contributed by atoms with E-state index in [1.54, 1.807) is 0 Å². The summed E-state index contributed by atoms with van der Waals surface area (Å²) >= 11 is 1.17. The van der Waals surface area contributed by atoms with Gasteiger partial charge in [-0.05, 0) is 12.1 Å². The van der Waals surface area contributed by atoms with Crippen LogP contribution in [0.25, 0.3) is 10.2 Å². The van der Waals surface area contributed by atoms with Gasteiger partial charge in [-0.25, -0.2) is 13.9 Å². The molecule has 0 radical (unpaired) electrons. The van der Waals surface area contributed by atoms with Crippen LogP contribution in [0.3, 0.4) is 0 Å². The van der Waals surface area contributed by atoms with E-state index in [0.717, 1.165) is 0 Å². The van der Waals surface area contributed by atoms with E-state index < -0.39 is 44.7 Å². The Hall–Kier alpha value is -0.970. The van der Waals surface area contributed by atoms with Crippen LogP contribution in [0.4, 0.5) is 4.39 Å². The molecule has 1 aliphatic heterocycles. The molecule has 0 saturated carbocycles. The summed E-state index contributed by atoms with van der Waals surface area (Å²) in [7, 11) is -4.71. The maximum Gasteiger partial charge on any atom is 0.469 e. The van der Waals surface area contributed by atoms with Gasteiger partial charge in [-0.15, -0.1) is 11.3 Å². The van der Waals surface area contributed by atoms with Crippen LogP contribution in [0, 0.1) is 5.82 Å². The molecule has 23 heavy (non-hydrogen) atoms. The second-order valence-corrected chi connectivity index (χ2v) is 7.33. The van der Waals surface area contributed by atoms with Crippen molar-refractivity contribution in [2.45, 2.75) is 24.4 Å². The molecule has 3 rings (SSSR count). The van der Waals surface area contributed by atoms with Gasteiger partial charge in [-0.1, -0.05) is 0 Å². The summed E-state index contributed by atoms with van der Waals surface area (Å²) in [6.45, 7) is -0.585. The minimum Gasteiger partial charge on any atom is -0.387 e. The van der Waals surface area contributed by atoms with Crippen LogP contribution in [0.15, 0.2) is 18.2 Å². The maximum absolute atomic E-state index is 13.2. The number of nitrogens with zero attached hydrogens (tertiary/aromatic N) is 1. The molecular formula is C12H13FNO7PS. The molecule has 1 saturated heterocycles. The number of ether oxygens (including phenoxy) is 1. The number of fused-ring (bicyclic) bond motifs is 1. The van der Waals surface area contributed by atoms with E-state index in [1.165, 1.54) is 29.5 Å². The molecule has 0 bridgehead atoms. The Morgan fingerprint density at radius 2 is 2.09 bits per heavy atom. The SMILES string of the molecule is O=P(O)(O)OC[C@H]1O[C@@H](c2nc3cc(F)ccc3s2)[C@H](O)[C@H]1O. The Morgan fingerprint density at radius 3 is 2.78 bits per heavy atom. The zero-order valence-electron chi connectivity index (χ0n) is 11.4. The van der Waals surface area contributed by atoms with Crippen molar-refractivity contribution < 1.29 is 38.2 Å². The highest BCUT2D eigenvalue weighted by molar-refractivity contribution is 7.46. The van der Waals surface area contributed by atoms with Gasteiger partial charge in [0.05, 0.1) is 16.8 Å². The molecule has 1 aromatic heterocycles. The third-order valence-corrected chi connectivity index (χ3v) is 4.96. The second-order valence-electron chi connectivity index (χ2n) is 5.03. The number of halogens is 1. The van der Waals surface area contributed by atoms with Crippen LogP contribution in [0.5, 0.6) is 0 Å². The number of phosphoric ester groups is 1. The Balaban J connectivity index is 1.80. The minimum absolute atomic E-state index is 0.329. The van der Waals surface area contributed by atoms with E-state index in [4.69, 9.17) is 14.5 Å². The van der Waals surface area contributed by atoms with Crippen LogP contribution in [0.2, 0.25) is 0 Å². The largest absolute Gasteiger partial charge is 0.469 e. The number of thiazole rings is 1. The van der Waals surface area contributed by atoms with Crippen molar-refractivity contribution in [2.75, 3.05) is 6.61 Å². The number of hydrogen-bond donors (Lipinski definition) is 4. The predicted octanol–water partition coefficient (Wildman–Crippen LogP) is 0.706. The number of aromatic nitrogens is 1. The number of aliphatic hydroxyl groups is 2. The number of hydrogen-bond acceptors (Lipinski definition) is 7. The van der Waals surface area contributed by atoms with Crippen molar-refractivity contribution >= 4 is 29.4 Å². The third kappa shape index (κ3) is 3.59. The van der Waals surface area contributed by atoms with Gasteiger partial charge in [0.25, 0.3) is 0 Å². The van der Waals surface area contributed by atoms with E-state index in [-0.39, 0.29) is 0 Å². The van der Waals surface area contributed by atoms with Crippen LogP contribution < -0.4 is 0 Å². The lowest BCUT2D eigenvalue weighted by molar-refractivity contribution is -0.0223. The topological polar surface area (TPSA) is 129 Å². The highest BCUT2D eigenvalue weighted by Crippen LogP contribution is 2.41. The van der Waals surface area contributed by atoms with Crippen LogP contribution in [-0.2, 0) is 13.8 Å². The first kappa shape index (κ1) is 16.9. The fraction of sp³-hybridized carbons (Fsp3) is 0.417. The second kappa shape index (κ2) is 6.15. The molecule has 1 aliphatic rings. The summed E-state index contributed by atoms with van der Waals surface area (Å²) in [4.78, 5) is 21.5. The van der Waals surface area contributed by atoms with Gasteiger partial charge in [-0.2, -0.15) is 0 Å². The van der Waals surface area contributed by atoms with Crippen molar-refractivity contribution in [2.24, 2.45) is 0 Å². The molecule has 2 heterocycles. The Morgan fingerprint density at radius 1 is 1.35 bits per heavy atom. The average molecular weight is 365 g/mol. The predicted molar refractivity (Wildman–Crippen MR) is 77.2 cm³/mol. The average Bonchev–Trinajstić information content (AvgIpc) is 2.98. The van der Waals surface area contributed by atoms with Crippen molar-refractivity contribution in [3.8, 4) is 0 Å². The maximum atomic E-state index is 13.2. The summed E-state index contributed by atoms with van der Waals surface area (Å²) in [5.74, 6) is -0.449. The highest BCUT2D eigenvalue weighted by Gasteiger charge is 2.45. The van der Waals surface area contributed by atoms with E-state index in [2.05, 4.69) is 9.51 Å². The summed E-state index contributed by atoms with van der Waals surface area (Å²) in [5, 5.41) is 20.3. The van der Waals surface area contributed by atoms with E-state index in [9.17, 15) is 19.2 Å². The monoisotopic (exact) mass is 365 g/mol. The number of benzene rings is 1. The van der Waals surface area contributed by atoms with Gasteiger partial charge in [0.2, 0.25) is 0 Å². The molecule has 0 spiro atoms. The third-order valence-electron chi connectivity index (χ3n) is 3.38. The van der Waals surface area contributed by atoms with Crippen LogP contribution in [-0.4, -0.2) is 49.9 Å². The summed E-state index contributed by atoms with van der Waals surface area (Å²) in [6.07, 6.45) is -4.84. The van der Waals surface area contributed by atoms with Gasteiger partial charge in [0.1, 0.15) is 35.2 Å². The first-order chi connectivity index (χ1) is 10.7. The van der Waals surface area contributed by atoms with Gasteiger partial charge >= 0.3 is 7.82 Å². The van der Waals surface area contributed by atoms with Gasteiger partial charge in [0, 0.05) is 6.07 Å². The highest BCUT2D eigenvalue weighted by atomic mass is 32.1. The molecule has 4 N–H and O–H groups in total. The first-order valence-corrected chi connectivity index (χ1v) is 8.87. The van der Waals surface area contributed by atoms with Crippen LogP contribution >= 0.6 is 19.2 Å². The van der Waals surface area contributed by atoms with Crippen molar-refractivity contribution in [1.29, 1.82) is 0 Å². The lowest BCUT2D eigenvalue weighted by atomic mass is 10.1. The van der Waals surface area contributed by atoms with E-state index in [1.807, 2.05) is 0 Å². The molecule has 0 unspecified atom stereocenters. The Kier molecular flexibility index (Phi) is 4.51. The minimum atomic E-state index is -4.71. The summed E-state index contributed by atoms with van der Waals surface area (Å²) in [6, 6.07) is 4.06. The van der Waals surface area contributed by atoms with Crippen molar-refractivity contribution in [3.05, 3.63) is 29.0 Å². The molecule has 2 aromatic rings. The molecule has 1 fully saturated rings. The molecular weight excluding hydrogens is 352 g/mol. The molecule has 4 atom stereocenters. The van der Waals surface area contributed by atoms with E-state index >= 15 is 0 Å². The van der Waals surface area contributed by atoms with E-state index in [0.29, 0.717) is 15.2 Å². The summed E-state index contributed by atoms with van der Waals surface area (Å²) < 4.78 is 34.3. The van der Waals surface area contributed by atoms with Crippen LogP contribution in [0.1, 0.15) is 11.1 Å². The van der Waals surface area contributed by atoms with Crippen molar-refractivity contribution in [1.82, 2.24) is 4.98 Å². The summed E-state index contributed by atoms with van der Waals surface area (Å²) in [5.41, 5.74) is 0.394. The molecule has 126 valence electrons. The van der Waals surface area contributed by atoms with Gasteiger partial charge < -0.3 is 24.7 Å². The molecule has 0 aliphatic carbocycles. The molecule has 1 aromatic carbocycles. The quantitative estimate of drug-likeness (QED) is 0.583. The Bertz CT molecular complexity index is 765. The fourth-order valence-corrected chi connectivity index (χ4v) is 3.67. The first-order valence-electron chi connectivity index (χ1n) is 6.52. The normalized spacial score (nSPS) is 28.6. The Labute approximate surface area is 133 Å². The number of rotatable bonds is 4. The zero-order valence-corrected chi connectivity index (χ0v) is 13.2.